The number of para-hydroxylation sites is 2. The van der Waals surface area contributed by atoms with Crippen LogP contribution in [-0.4, -0.2) is 46.0 Å². The molecule has 30 heavy (non-hydrogen) atoms. The standard InChI is InChI=1S/C24H28N4O2/c29-23(25-19-10-9-17-5-1-2-6-18(17)15-19)16-27-13-11-20(12-14-27)28-22-8-4-3-7-21(22)26-24(28)30/h1-8,19-20H,9-16H2,(H,25,29)(H,26,30). The Labute approximate surface area is 175 Å². The van der Waals surface area contributed by atoms with Crippen molar-refractivity contribution >= 4 is 16.9 Å². The highest BCUT2D eigenvalue weighted by Gasteiger charge is 2.26. The average Bonchev–Trinajstić information content (AvgIpc) is 3.10. The molecule has 6 nitrogen and oxygen atoms in total. The lowest BCUT2D eigenvalue weighted by Crippen LogP contribution is -2.46. The monoisotopic (exact) mass is 404 g/mol. The zero-order valence-electron chi connectivity index (χ0n) is 17.1. The third kappa shape index (κ3) is 3.79. The summed E-state index contributed by atoms with van der Waals surface area (Å²) in [5.41, 5.74) is 4.59. The number of rotatable bonds is 4. The Bertz CT molecular complexity index is 1110. The van der Waals surface area contributed by atoms with Crippen LogP contribution in [0.1, 0.15) is 36.4 Å². The molecule has 1 aromatic heterocycles. The number of hydrogen-bond donors (Lipinski definition) is 2. The zero-order chi connectivity index (χ0) is 20.5. The highest BCUT2D eigenvalue weighted by atomic mass is 16.2. The molecule has 0 spiro atoms. The number of amides is 1. The fourth-order valence-corrected chi connectivity index (χ4v) is 5.07. The third-order valence-corrected chi connectivity index (χ3v) is 6.63. The minimum absolute atomic E-state index is 0.0371. The largest absolute Gasteiger partial charge is 0.352 e. The summed E-state index contributed by atoms with van der Waals surface area (Å²) < 4.78 is 1.90. The number of carbonyl (C=O) groups excluding carboxylic acids is 1. The van der Waals surface area contributed by atoms with Crippen LogP contribution in [0.5, 0.6) is 0 Å². The normalized spacial score (nSPS) is 20.2. The van der Waals surface area contributed by atoms with E-state index < -0.39 is 0 Å². The summed E-state index contributed by atoms with van der Waals surface area (Å²) in [5.74, 6) is 0.113. The SMILES string of the molecule is O=C(CN1CCC(n2c(=O)[nH]c3ccccc32)CC1)NC1CCc2ccccc2C1. The van der Waals surface area contributed by atoms with E-state index in [1.807, 2.05) is 28.8 Å². The summed E-state index contributed by atoms with van der Waals surface area (Å²) >= 11 is 0. The smallest absolute Gasteiger partial charge is 0.326 e. The van der Waals surface area contributed by atoms with E-state index in [9.17, 15) is 9.59 Å². The van der Waals surface area contributed by atoms with Crippen molar-refractivity contribution in [3.63, 3.8) is 0 Å². The van der Waals surface area contributed by atoms with E-state index in [-0.39, 0.29) is 23.7 Å². The van der Waals surface area contributed by atoms with Crippen molar-refractivity contribution in [2.45, 2.75) is 44.2 Å². The third-order valence-electron chi connectivity index (χ3n) is 6.63. The van der Waals surface area contributed by atoms with Crippen molar-refractivity contribution in [2.24, 2.45) is 0 Å². The van der Waals surface area contributed by atoms with Gasteiger partial charge in [0.25, 0.3) is 0 Å². The molecule has 0 bridgehead atoms. The predicted molar refractivity (Wildman–Crippen MR) is 118 cm³/mol. The summed E-state index contributed by atoms with van der Waals surface area (Å²) in [6.45, 7) is 2.10. The van der Waals surface area contributed by atoms with E-state index in [1.165, 1.54) is 11.1 Å². The molecule has 1 aliphatic heterocycles. The number of H-pyrrole nitrogens is 1. The molecule has 1 aliphatic carbocycles. The van der Waals surface area contributed by atoms with Gasteiger partial charge in [-0.1, -0.05) is 36.4 Å². The van der Waals surface area contributed by atoms with Crippen molar-refractivity contribution in [3.8, 4) is 0 Å². The first-order valence-corrected chi connectivity index (χ1v) is 10.9. The van der Waals surface area contributed by atoms with Crippen molar-refractivity contribution in [1.29, 1.82) is 0 Å². The van der Waals surface area contributed by atoms with Crippen LogP contribution in [0.2, 0.25) is 0 Å². The number of nitrogens with zero attached hydrogens (tertiary/aromatic N) is 2. The molecule has 1 saturated heterocycles. The Kier molecular flexibility index (Phi) is 5.17. The number of imidazole rings is 1. The van der Waals surface area contributed by atoms with E-state index in [4.69, 9.17) is 0 Å². The molecule has 2 N–H and O–H groups in total. The number of benzene rings is 2. The molecule has 0 radical (unpaired) electrons. The molecule has 1 fully saturated rings. The van der Waals surface area contributed by atoms with E-state index in [0.29, 0.717) is 6.54 Å². The van der Waals surface area contributed by atoms with Gasteiger partial charge < -0.3 is 10.3 Å². The number of hydrogen-bond acceptors (Lipinski definition) is 3. The van der Waals surface area contributed by atoms with Gasteiger partial charge >= 0.3 is 5.69 Å². The lowest BCUT2D eigenvalue weighted by Gasteiger charge is -2.33. The summed E-state index contributed by atoms with van der Waals surface area (Å²) in [5, 5.41) is 3.24. The van der Waals surface area contributed by atoms with Crippen LogP contribution in [0.4, 0.5) is 0 Å². The molecule has 1 atom stereocenters. The molecule has 1 unspecified atom stereocenters. The van der Waals surface area contributed by atoms with Crippen LogP contribution in [0.25, 0.3) is 11.0 Å². The molecule has 0 saturated carbocycles. The maximum Gasteiger partial charge on any atom is 0.326 e. The zero-order valence-corrected chi connectivity index (χ0v) is 17.1. The lowest BCUT2D eigenvalue weighted by molar-refractivity contribution is -0.123. The lowest BCUT2D eigenvalue weighted by atomic mass is 9.88. The highest BCUT2D eigenvalue weighted by Crippen LogP contribution is 2.25. The first-order valence-electron chi connectivity index (χ1n) is 10.9. The molecule has 2 aliphatic rings. The second-order valence-electron chi connectivity index (χ2n) is 8.60. The van der Waals surface area contributed by atoms with E-state index in [2.05, 4.69) is 39.5 Å². The second kappa shape index (κ2) is 8.11. The number of nitrogens with one attached hydrogen (secondary N) is 2. The highest BCUT2D eigenvalue weighted by molar-refractivity contribution is 5.78. The van der Waals surface area contributed by atoms with Gasteiger partial charge in [0.2, 0.25) is 5.91 Å². The van der Waals surface area contributed by atoms with Gasteiger partial charge in [-0.2, -0.15) is 0 Å². The van der Waals surface area contributed by atoms with Gasteiger partial charge in [-0.25, -0.2) is 4.79 Å². The van der Waals surface area contributed by atoms with Crippen molar-refractivity contribution < 1.29 is 4.79 Å². The Morgan fingerprint density at radius 1 is 1.00 bits per heavy atom. The number of aryl methyl sites for hydroxylation is 1. The molecule has 2 heterocycles. The second-order valence-corrected chi connectivity index (χ2v) is 8.60. The van der Waals surface area contributed by atoms with Crippen LogP contribution < -0.4 is 11.0 Å². The van der Waals surface area contributed by atoms with Gasteiger partial charge in [0.05, 0.1) is 17.6 Å². The quantitative estimate of drug-likeness (QED) is 0.702. The van der Waals surface area contributed by atoms with E-state index in [1.54, 1.807) is 0 Å². The molecule has 5 rings (SSSR count). The molecule has 3 aromatic rings. The Balaban J connectivity index is 1.15. The number of aromatic amines is 1. The minimum atomic E-state index is -0.0371. The topological polar surface area (TPSA) is 70.1 Å². The van der Waals surface area contributed by atoms with Crippen molar-refractivity contribution in [1.82, 2.24) is 19.8 Å². The molecular weight excluding hydrogens is 376 g/mol. The maximum absolute atomic E-state index is 12.6. The van der Waals surface area contributed by atoms with Crippen molar-refractivity contribution in [3.05, 3.63) is 70.1 Å². The number of aromatic nitrogens is 2. The van der Waals surface area contributed by atoms with Crippen LogP contribution >= 0.6 is 0 Å². The number of fused-ring (bicyclic) bond motifs is 2. The Morgan fingerprint density at radius 3 is 2.57 bits per heavy atom. The van der Waals surface area contributed by atoms with Crippen LogP contribution in [0, 0.1) is 0 Å². The average molecular weight is 405 g/mol. The van der Waals surface area contributed by atoms with Gasteiger partial charge in [0.15, 0.2) is 0 Å². The summed E-state index contributed by atoms with van der Waals surface area (Å²) in [4.78, 5) is 30.2. The molecule has 2 aromatic carbocycles. The molecular formula is C24H28N4O2. The number of piperidine rings is 1. The van der Waals surface area contributed by atoms with Crippen molar-refractivity contribution in [2.75, 3.05) is 19.6 Å². The fraction of sp³-hybridized carbons (Fsp3) is 0.417. The van der Waals surface area contributed by atoms with Crippen LogP contribution in [0.3, 0.4) is 0 Å². The van der Waals surface area contributed by atoms with Gasteiger partial charge in [0.1, 0.15) is 0 Å². The van der Waals surface area contributed by atoms with Gasteiger partial charge in [0, 0.05) is 25.2 Å². The molecule has 156 valence electrons. The fourth-order valence-electron chi connectivity index (χ4n) is 5.07. The molecule has 1 amide bonds. The molecule has 6 heteroatoms. The summed E-state index contributed by atoms with van der Waals surface area (Å²) in [6.07, 6.45) is 4.73. The number of carbonyl (C=O) groups is 1. The van der Waals surface area contributed by atoms with Crippen LogP contribution in [-0.2, 0) is 17.6 Å². The maximum atomic E-state index is 12.6. The predicted octanol–water partition coefficient (Wildman–Crippen LogP) is 2.64. The Hall–Kier alpha value is -2.86. The van der Waals surface area contributed by atoms with Crippen LogP contribution in [0.15, 0.2) is 53.3 Å². The Morgan fingerprint density at radius 2 is 1.73 bits per heavy atom. The first-order chi connectivity index (χ1) is 14.7. The van der Waals surface area contributed by atoms with Gasteiger partial charge in [-0.05, 0) is 55.4 Å². The first kappa shape index (κ1) is 19.1. The van der Waals surface area contributed by atoms with Gasteiger partial charge in [-0.3, -0.25) is 14.3 Å². The number of likely N-dealkylation sites (tertiary alicyclic amines) is 1. The minimum Gasteiger partial charge on any atom is -0.352 e. The summed E-state index contributed by atoms with van der Waals surface area (Å²) in [7, 11) is 0. The van der Waals surface area contributed by atoms with Gasteiger partial charge in [-0.15, -0.1) is 0 Å². The summed E-state index contributed by atoms with van der Waals surface area (Å²) in [6, 6.07) is 16.8. The van der Waals surface area contributed by atoms with E-state index >= 15 is 0 Å². The van der Waals surface area contributed by atoms with E-state index in [0.717, 1.165) is 56.2 Å².